The van der Waals surface area contributed by atoms with E-state index < -0.39 is 0 Å². The molecule has 0 bridgehead atoms. The Hall–Kier alpha value is -1.36. The van der Waals surface area contributed by atoms with Gasteiger partial charge in [0.05, 0.1) is 12.2 Å². The molecule has 0 aliphatic heterocycles. The zero-order chi connectivity index (χ0) is 10.7. The summed E-state index contributed by atoms with van der Waals surface area (Å²) >= 11 is 0. The van der Waals surface area contributed by atoms with Gasteiger partial charge >= 0.3 is 0 Å². The molecule has 3 N–H and O–H groups in total. The van der Waals surface area contributed by atoms with Crippen molar-refractivity contribution in [2.75, 3.05) is 7.05 Å². The van der Waals surface area contributed by atoms with Crippen LogP contribution in [-0.4, -0.2) is 28.8 Å². The maximum absolute atomic E-state index is 11.0. The molecule has 5 heteroatoms. The predicted octanol–water partition coefficient (Wildman–Crippen LogP) is -0.427. The minimum Gasteiger partial charge on any atom is -0.368 e. The van der Waals surface area contributed by atoms with Crippen LogP contribution in [0.25, 0.3) is 0 Å². The number of nitrogens with two attached hydrogens (primary N) is 1. The molecule has 0 aromatic carbocycles. The molecule has 1 rings (SSSR count). The van der Waals surface area contributed by atoms with Gasteiger partial charge in [0, 0.05) is 5.69 Å². The first-order chi connectivity index (χ1) is 6.54. The largest absolute Gasteiger partial charge is 0.368 e. The highest BCUT2D eigenvalue weighted by molar-refractivity contribution is 5.79. The predicted molar refractivity (Wildman–Crippen MR) is 53.7 cm³/mol. The summed E-state index contributed by atoms with van der Waals surface area (Å²) in [7, 11) is 1.71. The molecular formula is C9H16N4O. The van der Waals surface area contributed by atoms with Crippen LogP contribution in [0.1, 0.15) is 11.4 Å². The minimum atomic E-state index is -0.368. The number of aromatic nitrogens is 2. The molecule has 0 aliphatic rings. The number of hydrogen-bond donors (Lipinski definition) is 2. The summed E-state index contributed by atoms with van der Waals surface area (Å²) in [6.45, 7) is 4.35. The van der Waals surface area contributed by atoms with Crippen molar-refractivity contribution in [2.45, 2.75) is 26.4 Å². The molecule has 1 heterocycles. The molecule has 1 unspecified atom stereocenters. The number of likely N-dealkylation sites (N-methyl/N-ethyl adjacent to an activating group) is 1. The molecule has 1 atom stereocenters. The Morgan fingerprint density at radius 1 is 1.71 bits per heavy atom. The lowest BCUT2D eigenvalue weighted by Gasteiger charge is -2.13. The van der Waals surface area contributed by atoms with E-state index in [1.54, 1.807) is 11.7 Å². The van der Waals surface area contributed by atoms with Crippen molar-refractivity contribution in [2.24, 2.45) is 5.73 Å². The number of nitrogens with one attached hydrogen (secondary N) is 1. The van der Waals surface area contributed by atoms with Gasteiger partial charge < -0.3 is 11.1 Å². The fourth-order valence-electron chi connectivity index (χ4n) is 1.36. The lowest BCUT2D eigenvalue weighted by Crippen LogP contribution is -2.42. The topological polar surface area (TPSA) is 72.9 Å². The monoisotopic (exact) mass is 196 g/mol. The van der Waals surface area contributed by atoms with Crippen LogP contribution in [0.4, 0.5) is 0 Å². The third-order valence-electron chi connectivity index (χ3n) is 2.15. The van der Waals surface area contributed by atoms with E-state index in [2.05, 4.69) is 10.4 Å². The van der Waals surface area contributed by atoms with Crippen molar-refractivity contribution >= 4 is 5.91 Å². The van der Waals surface area contributed by atoms with Crippen molar-refractivity contribution in [1.82, 2.24) is 15.1 Å². The molecule has 1 amide bonds. The van der Waals surface area contributed by atoms with Gasteiger partial charge in [-0.2, -0.15) is 5.10 Å². The highest BCUT2D eigenvalue weighted by Gasteiger charge is 2.14. The third kappa shape index (κ3) is 2.32. The van der Waals surface area contributed by atoms with E-state index in [1.807, 2.05) is 19.9 Å². The van der Waals surface area contributed by atoms with Gasteiger partial charge in [-0.05, 0) is 27.0 Å². The highest BCUT2D eigenvalue weighted by atomic mass is 16.1. The normalized spacial score (nSPS) is 12.8. The Labute approximate surface area is 83.3 Å². The number of amides is 1. The first kappa shape index (κ1) is 10.7. The molecule has 0 radical (unpaired) electrons. The summed E-state index contributed by atoms with van der Waals surface area (Å²) in [6, 6.07) is 1.60. The summed E-state index contributed by atoms with van der Waals surface area (Å²) in [5.41, 5.74) is 7.19. The smallest absolute Gasteiger partial charge is 0.236 e. The average molecular weight is 196 g/mol. The lowest BCUT2D eigenvalue weighted by atomic mass is 10.3. The fraction of sp³-hybridized carbons (Fsp3) is 0.556. The number of carbonyl (C=O) groups excluding carboxylic acids is 1. The van der Waals surface area contributed by atoms with E-state index in [1.165, 1.54) is 0 Å². The summed E-state index contributed by atoms with van der Waals surface area (Å²) in [5.74, 6) is -0.361. The molecule has 5 nitrogen and oxygen atoms in total. The van der Waals surface area contributed by atoms with E-state index in [0.717, 1.165) is 11.4 Å². The molecule has 0 fully saturated rings. The fourth-order valence-corrected chi connectivity index (χ4v) is 1.36. The van der Waals surface area contributed by atoms with Crippen molar-refractivity contribution in [3.63, 3.8) is 0 Å². The zero-order valence-electron chi connectivity index (χ0n) is 8.74. The van der Waals surface area contributed by atoms with Gasteiger partial charge in [-0.3, -0.25) is 9.48 Å². The van der Waals surface area contributed by atoms with Gasteiger partial charge in [-0.25, -0.2) is 0 Å². The van der Waals surface area contributed by atoms with E-state index in [4.69, 9.17) is 5.73 Å². The van der Waals surface area contributed by atoms with Crippen LogP contribution in [0, 0.1) is 13.8 Å². The van der Waals surface area contributed by atoms with E-state index in [9.17, 15) is 4.79 Å². The summed E-state index contributed by atoms with van der Waals surface area (Å²) < 4.78 is 1.78. The Morgan fingerprint density at radius 3 is 2.71 bits per heavy atom. The van der Waals surface area contributed by atoms with Gasteiger partial charge in [-0.15, -0.1) is 0 Å². The van der Waals surface area contributed by atoms with Crippen molar-refractivity contribution in [1.29, 1.82) is 0 Å². The van der Waals surface area contributed by atoms with E-state index in [-0.39, 0.29) is 11.9 Å². The quantitative estimate of drug-likeness (QED) is 0.686. The van der Waals surface area contributed by atoms with Gasteiger partial charge in [0.25, 0.3) is 0 Å². The summed E-state index contributed by atoms with van der Waals surface area (Å²) in [6.07, 6.45) is 0. The number of carbonyl (C=O) groups is 1. The molecule has 0 saturated carbocycles. The second-order valence-corrected chi connectivity index (χ2v) is 3.35. The van der Waals surface area contributed by atoms with Crippen LogP contribution in [0.3, 0.4) is 0 Å². The molecular weight excluding hydrogens is 180 g/mol. The van der Waals surface area contributed by atoms with E-state index in [0.29, 0.717) is 6.54 Å². The number of rotatable bonds is 4. The first-order valence-corrected chi connectivity index (χ1v) is 4.52. The molecule has 0 saturated heterocycles. The highest BCUT2D eigenvalue weighted by Crippen LogP contribution is 2.02. The second-order valence-electron chi connectivity index (χ2n) is 3.35. The van der Waals surface area contributed by atoms with Crippen molar-refractivity contribution < 1.29 is 4.79 Å². The summed E-state index contributed by atoms with van der Waals surface area (Å²) in [5, 5.41) is 7.10. The lowest BCUT2D eigenvalue weighted by molar-refractivity contribution is -0.120. The van der Waals surface area contributed by atoms with Crippen LogP contribution >= 0.6 is 0 Å². The number of nitrogens with zero attached hydrogens (tertiary/aromatic N) is 2. The Bertz CT molecular complexity index is 332. The summed E-state index contributed by atoms with van der Waals surface area (Å²) in [4.78, 5) is 11.0. The molecule has 0 aliphatic carbocycles. The standard InChI is InChI=1S/C9H16N4O/c1-6-4-7(2)13(12-6)5-8(11-3)9(10)14/h4,8,11H,5H2,1-3H3,(H2,10,14). The average Bonchev–Trinajstić information content (AvgIpc) is 2.40. The van der Waals surface area contributed by atoms with Crippen LogP contribution in [-0.2, 0) is 11.3 Å². The molecule has 78 valence electrons. The van der Waals surface area contributed by atoms with Gasteiger partial charge in [0.2, 0.25) is 5.91 Å². The number of primary amides is 1. The second kappa shape index (κ2) is 4.23. The van der Waals surface area contributed by atoms with Crippen molar-refractivity contribution in [3.8, 4) is 0 Å². The Balaban J connectivity index is 2.76. The number of hydrogen-bond acceptors (Lipinski definition) is 3. The van der Waals surface area contributed by atoms with Crippen LogP contribution < -0.4 is 11.1 Å². The van der Waals surface area contributed by atoms with Gasteiger partial charge in [0.1, 0.15) is 6.04 Å². The SMILES string of the molecule is CNC(Cn1nc(C)cc1C)C(N)=O. The minimum absolute atomic E-state index is 0.361. The van der Waals surface area contributed by atoms with Crippen LogP contribution in [0.5, 0.6) is 0 Å². The van der Waals surface area contributed by atoms with Gasteiger partial charge in [-0.1, -0.05) is 0 Å². The van der Waals surface area contributed by atoms with E-state index >= 15 is 0 Å². The Morgan fingerprint density at radius 2 is 2.36 bits per heavy atom. The maximum Gasteiger partial charge on any atom is 0.236 e. The maximum atomic E-state index is 11.0. The first-order valence-electron chi connectivity index (χ1n) is 4.52. The zero-order valence-corrected chi connectivity index (χ0v) is 8.74. The van der Waals surface area contributed by atoms with Crippen LogP contribution in [0.2, 0.25) is 0 Å². The molecule has 1 aromatic heterocycles. The van der Waals surface area contributed by atoms with Gasteiger partial charge in [0.15, 0.2) is 0 Å². The van der Waals surface area contributed by atoms with Crippen molar-refractivity contribution in [3.05, 3.63) is 17.5 Å². The Kier molecular flexibility index (Phi) is 3.24. The number of aryl methyl sites for hydroxylation is 2. The molecule has 0 spiro atoms. The van der Waals surface area contributed by atoms with Crippen LogP contribution in [0.15, 0.2) is 6.07 Å². The molecule has 1 aromatic rings. The third-order valence-corrected chi connectivity index (χ3v) is 2.15. The molecule has 14 heavy (non-hydrogen) atoms.